The number of rotatable bonds is 3. The summed E-state index contributed by atoms with van der Waals surface area (Å²) in [5, 5.41) is 12.0. The number of hydrogen-bond donors (Lipinski definition) is 1. The van der Waals surface area contributed by atoms with Gasteiger partial charge in [-0.2, -0.15) is 15.0 Å². The van der Waals surface area contributed by atoms with Crippen LogP contribution in [0.25, 0.3) is 5.69 Å². The molecule has 1 aliphatic rings. The van der Waals surface area contributed by atoms with Gasteiger partial charge in [-0.25, -0.2) is 0 Å². The number of benzene rings is 1. The molecule has 2 aromatic rings. The number of nitrogens with one attached hydrogen (secondary N) is 1. The van der Waals surface area contributed by atoms with Crippen LogP contribution in [0.15, 0.2) is 36.7 Å². The molecular formula is C16H22N4. The lowest BCUT2D eigenvalue weighted by atomic mass is 9.96. The molecule has 1 aliphatic carbocycles. The van der Waals surface area contributed by atoms with Gasteiger partial charge in [0.15, 0.2) is 0 Å². The first kappa shape index (κ1) is 13.2. The third-order valence-electron chi connectivity index (χ3n) is 3.99. The maximum atomic E-state index is 4.14. The SMILES string of the molecule is c1cnn(-c2ccc(NC3CCCCCCC3)cc2)n1. The molecule has 20 heavy (non-hydrogen) atoms. The molecule has 0 amide bonds. The van der Waals surface area contributed by atoms with Crippen molar-refractivity contribution in [3.8, 4) is 5.69 Å². The van der Waals surface area contributed by atoms with Crippen molar-refractivity contribution in [2.45, 2.75) is 51.0 Å². The Bertz CT molecular complexity index is 496. The van der Waals surface area contributed by atoms with Crippen molar-refractivity contribution in [2.75, 3.05) is 5.32 Å². The molecule has 1 saturated carbocycles. The summed E-state index contributed by atoms with van der Waals surface area (Å²) < 4.78 is 0. The summed E-state index contributed by atoms with van der Waals surface area (Å²) in [4.78, 5) is 1.64. The van der Waals surface area contributed by atoms with Gasteiger partial charge in [-0.1, -0.05) is 32.1 Å². The molecule has 0 bridgehead atoms. The zero-order chi connectivity index (χ0) is 13.6. The Kier molecular flexibility index (Phi) is 4.31. The second kappa shape index (κ2) is 6.55. The van der Waals surface area contributed by atoms with E-state index in [-0.39, 0.29) is 0 Å². The first-order valence-corrected chi connectivity index (χ1v) is 7.65. The summed E-state index contributed by atoms with van der Waals surface area (Å²) in [5.74, 6) is 0. The monoisotopic (exact) mass is 270 g/mol. The van der Waals surface area contributed by atoms with Crippen molar-refractivity contribution in [3.63, 3.8) is 0 Å². The van der Waals surface area contributed by atoms with Gasteiger partial charge in [0.2, 0.25) is 0 Å². The molecule has 1 N–H and O–H groups in total. The molecule has 3 rings (SSSR count). The van der Waals surface area contributed by atoms with Crippen molar-refractivity contribution in [3.05, 3.63) is 36.7 Å². The molecule has 4 heteroatoms. The maximum Gasteiger partial charge on any atom is 0.0858 e. The van der Waals surface area contributed by atoms with Crippen LogP contribution in [-0.2, 0) is 0 Å². The smallest absolute Gasteiger partial charge is 0.0858 e. The summed E-state index contributed by atoms with van der Waals surface area (Å²) in [6, 6.07) is 9.00. The topological polar surface area (TPSA) is 42.7 Å². The van der Waals surface area contributed by atoms with Gasteiger partial charge < -0.3 is 5.32 Å². The minimum atomic E-state index is 0.629. The largest absolute Gasteiger partial charge is 0.382 e. The molecule has 4 nitrogen and oxygen atoms in total. The number of anilines is 1. The lowest BCUT2D eigenvalue weighted by Gasteiger charge is -2.22. The minimum Gasteiger partial charge on any atom is -0.382 e. The normalized spacial score (nSPS) is 17.4. The Morgan fingerprint density at radius 1 is 0.850 bits per heavy atom. The second-order valence-corrected chi connectivity index (χ2v) is 5.55. The standard InChI is InChI=1S/C16H22N4/c1-2-4-6-14(7-5-3-1)19-15-8-10-16(11-9-15)20-17-12-13-18-20/h8-14,19H,1-7H2. The molecule has 0 radical (unpaired) electrons. The summed E-state index contributed by atoms with van der Waals surface area (Å²) in [6.45, 7) is 0. The third-order valence-corrected chi connectivity index (χ3v) is 3.99. The van der Waals surface area contributed by atoms with E-state index in [0.29, 0.717) is 6.04 Å². The molecular weight excluding hydrogens is 248 g/mol. The minimum absolute atomic E-state index is 0.629. The van der Waals surface area contributed by atoms with Crippen LogP contribution in [0.5, 0.6) is 0 Å². The van der Waals surface area contributed by atoms with E-state index in [1.54, 1.807) is 17.2 Å². The maximum absolute atomic E-state index is 4.14. The van der Waals surface area contributed by atoms with Crippen LogP contribution in [-0.4, -0.2) is 21.0 Å². The second-order valence-electron chi connectivity index (χ2n) is 5.55. The number of nitrogens with zero attached hydrogens (tertiary/aromatic N) is 3. The van der Waals surface area contributed by atoms with Gasteiger partial charge in [-0.05, 0) is 37.1 Å². The van der Waals surface area contributed by atoms with Crippen LogP contribution in [0.4, 0.5) is 5.69 Å². The number of hydrogen-bond acceptors (Lipinski definition) is 3. The van der Waals surface area contributed by atoms with Gasteiger partial charge in [0.25, 0.3) is 0 Å². The Morgan fingerprint density at radius 3 is 2.10 bits per heavy atom. The van der Waals surface area contributed by atoms with E-state index >= 15 is 0 Å². The first-order valence-electron chi connectivity index (χ1n) is 7.65. The van der Waals surface area contributed by atoms with Crippen molar-refractivity contribution in [1.82, 2.24) is 15.0 Å². The van der Waals surface area contributed by atoms with E-state index in [2.05, 4.69) is 39.8 Å². The summed E-state index contributed by atoms with van der Waals surface area (Å²) in [6.07, 6.45) is 12.9. The Balaban J connectivity index is 1.62. The van der Waals surface area contributed by atoms with Crippen LogP contribution < -0.4 is 5.32 Å². The fourth-order valence-electron chi connectivity index (χ4n) is 2.88. The van der Waals surface area contributed by atoms with Crippen molar-refractivity contribution >= 4 is 5.69 Å². The zero-order valence-corrected chi connectivity index (χ0v) is 11.8. The van der Waals surface area contributed by atoms with Crippen molar-refractivity contribution in [1.29, 1.82) is 0 Å². The van der Waals surface area contributed by atoms with Crippen LogP contribution in [0, 0.1) is 0 Å². The summed E-state index contributed by atoms with van der Waals surface area (Å²) in [7, 11) is 0. The fourth-order valence-corrected chi connectivity index (χ4v) is 2.88. The highest BCUT2D eigenvalue weighted by Gasteiger charge is 2.11. The molecule has 1 heterocycles. The van der Waals surface area contributed by atoms with E-state index in [1.807, 2.05) is 0 Å². The van der Waals surface area contributed by atoms with Crippen LogP contribution >= 0.6 is 0 Å². The predicted molar refractivity (Wildman–Crippen MR) is 81.1 cm³/mol. The molecule has 0 saturated heterocycles. The van der Waals surface area contributed by atoms with E-state index < -0.39 is 0 Å². The Hall–Kier alpha value is -1.84. The lowest BCUT2D eigenvalue weighted by Crippen LogP contribution is -2.20. The summed E-state index contributed by atoms with van der Waals surface area (Å²) in [5.41, 5.74) is 2.20. The van der Waals surface area contributed by atoms with E-state index in [4.69, 9.17) is 0 Å². The lowest BCUT2D eigenvalue weighted by molar-refractivity contribution is 0.471. The van der Waals surface area contributed by atoms with Gasteiger partial charge in [-0.3, -0.25) is 0 Å². The van der Waals surface area contributed by atoms with Crippen LogP contribution in [0.1, 0.15) is 44.9 Å². The first-order chi connectivity index (χ1) is 9.92. The van der Waals surface area contributed by atoms with Crippen LogP contribution in [0.3, 0.4) is 0 Å². The molecule has 0 unspecified atom stereocenters. The van der Waals surface area contributed by atoms with E-state index in [0.717, 1.165) is 5.69 Å². The molecule has 0 spiro atoms. The van der Waals surface area contributed by atoms with E-state index in [1.165, 1.54) is 50.6 Å². The molecule has 106 valence electrons. The molecule has 1 aromatic carbocycles. The Morgan fingerprint density at radius 2 is 1.45 bits per heavy atom. The highest BCUT2D eigenvalue weighted by atomic mass is 15.5. The van der Waals surface area contributed by atoms with Gasteiger partial charge in [0.05, 0.1) is 18.1 Å². The fraction of sp³-hybridized carbons (Fsp3) is 0.500. The molecule has 0 aliphatic heterocycles. The summed E-state index contributed by atoms with van der Waals surface area (Å²) >= 11 is 0. The van der Waals surface area contributed by atoms with Gasteiger partial charge in [0, 0.05) is 11.7 Å². The van der Waals surface area contributed by atoms with Gasteiger partial charge in [-0.15, -0.1) is 0 Å². The van der Waals surface area contributed by atoms with Crippen molar-refractivity contribution < 1.29 is 0 Å². The zero-order valence-electron chi connectivity index (χ0n) is 11.8. The average Bonchev–Trinajstić information content (AvgIpc) is 2.96. The molecule has 0 atom stereocenters. The molecule has 1 aromatic heterocycles. The quantitative estimate of drug-likeness (QED) is 0.922. The van der Waals surface area contributed by atoms with E-state index in [9.17, 15) is 0 Å². The number of aromatic nitrogens is 3. The predicted octanol–water partition coefficient (Wildman–Crippen LogP) is 3.79. The highest BCUT2D eigenvalue weighted by Crippen LogP contribution is 2.21. The van der Waals surface area contributed by atoms with Crippen molar-refractivity contribution in [2.24, 2.45) is 0 Å². The van der Waals surface area contributed by atoms with Crippen LogP contribution in [0.2, 0.25) is 0 Å². The van der Waals surface area contributed by atoms with Gasteiger partial charge in [0.1, 0.15) is 0 Å². The highest BCUT2D eigenvalue weighted by molar-refractivity contribution is 5.48. The third kappa shape index (κ3) is 3.38. The molecule has 1 fully saturated rings. The average molecular weight is 270 g/mol. The Labute approximate surface area is 120 Å². The van der Waals surface area contributed by atoms with Gasteiger partial charge >= 0.3 is 0 Å².